The summed E-state index contributed by atoms with van der Waals surface area (Å²) in [5, 5.41) is 2.49. The Balaban J connectivity index is 2.05. The molecule has 1 atom stereocenters. The predicted molar refractivity (Wildman–Crippen MR) is 81.9 cm³/mol. The van der Waals surface area contributed by atoms with E-state index in [4.69, 9.17) is 20.8 Å². The molecule has 7 heteroatoms. The van der Waals surface area contributed by atoms with Crippen LogP contribution in [0.2, 0.25) is 5.02 Å². The van der Waals surface area contributed by atoms with Gasteiger partial charge in [-0.25, -0.2) is 14.2 Å². The van der Waals surface area contributed by atoms with Gasteiger partial charge in [-0.3, -0.25) is 0 Å². The van der Waals surface area contributed by atoms with Gasteiger partial charge in [-0.05, 0) is 31.4 Å². The summed E-state index contributed by atoms with van der Waals surface area (Å²) in [6.45, 7) is 0. The SMILES string of the molecule is CNC(=O)OC(c1nc2c(o1)CCCC2)c1c(F)cccc1Cl. The highest BCUT2D eigenvalue weighted by Gasteiger charge is 2.31. The Morgan fingerprint density at radius 3 is 2.91 bits per heavy atom. The van der Waals surface area contributed by atoms with Crippen LogP contribution in [-0.2, 0) is 17.6 Å². The minimum Gasteiger partial charge on any atom is -0.441 e. The summed E-state index contributed by atoms with van der Waals surface area (Å²) in [6, 6.07) is 4.27. The van der Waals surface area contributed by atoms with Gasteiger partial charge in [-0.15, -0.1) is 0 Å². The predicted octanol–water partition coefficient (Wildman–Crippen LogP) is 3.79. The molecule has 0 fully saturated rings. The van der Waals surface area contributed by atoms with Crippen LogP contribution in [0.25, 0.3) is 0 Å². The van der Waals surface area contributed by atoms with E-state index in [1.165, 1.54) is 25.2 Å². The third-order valence-corrected chi connectivity index (χ3v) is 4.11. The number of halogens is 2. The molecule has 0 saturated carbocycles. The lowest BCUT2D eigenvalue weighted by Gasteiger charge is -2.16. The smallest absolute Gasteiger partial charge is 0.408 e. The number of hydrogen-bond donors (Lipinski definition) is 1. The van der Waals surface area contributed by atoms with Gasteiger partial charge in [-0.1, -0.05) is 17.7 Å². The summed E-state index contributed by atoms with van der Waals surface area (Å²) in [7, 11) is 1.42. The van der Waals surface area contributed by atoms with Gasteiger partial charge < -0.3 is 14.5 Å². The third kappa shape index (κ3) is 3.17. The Morgan fingerprint density at radius 2 is 2.22 bits per heavy atom. The van der Waals surface area contributed by atoms with Crippen molar-refractivity contribution in [2.75, 3.05) is 7.05 Å². The number of rotatable bonds is 3. The van der Waals surface area contributed by atoms with Crippen molar-refractivity contribution in [2.45, 2.75) is 31.8 Å². The van der Waals surface area contributed by atoms with Crippen molar-refractivity contribution in [3.8, 4) is 0 Å². The fourth-order valence-electron chi connectivity index (χ4n) is 2.64. The van der Waals surface area contributed by atoms with Crippen LogP contribution < -0.4 is 5.32 Å². The van der Waals surface area contributed by atoms with E-state index in [0.717, 1.165) is 37.1 Å². The Hall–Kier alpha value is -2.08. The zero-order valence-corrected chi connectivity index (χ0v) is 13.3. The van der Waals surface area contributed by atoms with Crippen LogP contribution in [0.1, 0.15) is 41.9 Å². The van der Waals surface area contributed by atoms with Crippen molar-refractivity contribution < 1.29 is 18.3 Å². The van der Waals surface area contributed by atoms with Crippen molar-refractivity contribution in [2.24, 2.45) is 0 Å². The molecular weight excluding hydrogens is 323 g/mol. The van der Waals surface area contributed by atoms with Gasteiger partial charge in [0.05, 0.1) is 16.3 Å². The molecule has 0 spiro atoms. The molecule has 1 aliphatic rings. The quantitative estimate of drug-likeness (QED) is 0.924. The highest BCUT2D eigenvalue weighted by atomic mass is 35.5. The number of aryl methyl sites for hydroxylation is 2. The molecule has 3 rings (SSSR count). The number of oxazole rings is 1. The lowest BCUT2D eigenvalue weighted by atomic mass is 10.0. The Morgan fingerprint density at radius 1 is 1.43 bits per heavy atom. The molecule has 1 heterocycles. The average molecular weight is 339 g/mol. The molecule has 0 saturated heterocycles. The summed E-state index contributed by atoms with van der Waals surface area (Å²) in [4.78, 5) is 16.1. The van der Waals surface area contributed by atoms with Crippen LogP contribution in [0.4, 0.5) is 9.18 Å². The fraction of sp³-hybridized carbons (Fsp3) is 0.375. The lowest BCUT2D eigenvalue weighted by Crippen LogP contribution is -2.23. The summed E-state index contributed by atoms with van der Waals surface area (Å²) in [6.07, 6.45) is 1.78. The third-order valence-electron chi connectivity index (χ3n) is 3.78. The maximum Gasteiger partial charge on any atom is 0.408 e. The second-order valence-corrected chi connectivity index (χ2v) is 5.71. The normalized spacial score (nSPS) is 14.9. The van der Waals surface area contributed by atoms with Gasteiger partial charge in [0.25, 0.3) is 0 Å². The number of nitrogens with zero attached hydrogens (tertiary/aromatic N) is 1. The van der Waals surface area contributed by atoms with E-state index in [2.05, 4.69) is 10.3 Å². The van der Waals surface area contributed by atoms with Gasteiger partial charge in [0.2, 0.25) is 12.0 Å². The number of fused-ring (bicyclic) bond motifs is 1. The monoisotopic (exact) mass is 338 g/mol. The van der Waals surface area contributed by atoms with Crippen LogP contribution in [0.15, 0.2) is 22.6 Å². The van der Waals surface area contributed by atoms with Crippen LogP contribution >= 0.6 is 11.6 Å². The Kier molecular flexibility index (Phi) is 4.52. The first-order chi connectivity index (χ1) is 11.1. The molecule has 1 aliphatic carbocycles. The molecule has 1 unspecified atom stereocenters. The highest BCUT2D eigenvalue weighted by molar-refractivity contribution is 6.31. The molecule has 0 bridgehead atoms. The number of ether oxygens (including phenoxy) is 1. The molecule has 1 N–H and O–H groups in total. The van der Waals surface area contributed by atoms with Crippen molar-refractivity contribution >= 4 is 17.7 Å². The van der Waals surface area contributed by atoms with E-state index in [9.17, 15) is 9.18 Å². The van der Waals surface area contributed by atoms with Gasteiger partial charge in [0.15, 0.2) is 0 Å². The van der Waals surface area contributed by atoms with E-state index in [0.29, 0.717) is 0 Å². The molecule has 1 amide bonds. The molecule has 23 heavy (non-hydrogen) atoms. The van der Waals surface area contributed by atoms with Crippen molar-refractivity contribution in [3.63, 3.8) is 0 Å². The molecule has 0 radical (unpaired) electrons. The van der Waals surface area contributed by atoms with Crippen molar-refractivity contribution in [3.05, 3.63) is 51.9 Å². The second-order valence-electron chi connectivity index (χ2n) is 5.30. The number of alkyl carbamates (subject to hydrolysis) is 1. The van der Waals surface area contributed by atoms with E-state index in [-0.39, 0.29) is 16.5 Å². The maximum atomic E-state index is 14.3. The molecule has 1 aromatic heterocycles. The van der Waals surface area contributed by atoms with Crippen molar-refractivity contribution in [1.29, 1.82) is 0 Å². The molecule has 0 aliphatic heterocycles. The zero-order valence-electron chi connectivity index (χ0n) is 12.6. The minimum absolute atomic E-state index is 0.0383. The number of hydrogen-bond acceptors (Lipinski definition) is 4. The van der Waals surface area contributed by atoms with Crippen LogP contribution in [-0.4, -0.2) is 18.1 Å². The molecule has 1 aromatic carbocycles. The van der Waals surface area contributed by atoms with Gasteiger partial charge in [0.1, 0.15) is 11.6 Å². The first kappa shape index (κ1) is 15.8. The standard InChI is InChI=1S/C16H16ClFN2O3/c1-19-16(21)23-14(13-9(17)5-4-6-10(13)18)15-20-11-7-2-3-8-12(11)22-15/h4-6,14H,2-3,7-8H2,1H3,(H,19,21). The maximum absolute atomic E-state index is 14.3. The Labute approximate surface area is 137 Å². The molecule has 122 valence electrons. The molecular formula is C16H16ClFN2O3. The summed E-state index contributed by atoms with van der Waals surface area (Å²) >= 11 is 6.11. The topological polar surface area (TPSA) is 64.4 Å². The largest absolute Gasteiger partial charge is 0.441 e. The van der Waals surface area contributed by atoms with Gasteiger partial charge >= 0.3 is 6.09 Å². The summed E-state index contributed by atoms with van der Waals surface area (Å²) in [5.41, 5.74) is 0.876. The number of amides is 1. The summed E-state index contributed by atoms with van der Waals surface area (Å²) < 4.78 is 25.3. The number of carbonyl (C=O) groups is 1. The van der Waals surface area contributed by atoms with Crippen molar-refractivity contribution in [1.82, 2.24) is 10.3 Å². The first-order valence-corrected chi connectivity index (χ1v) is 7.78. The second kappa shape index (κ2) is 6.58. The van der Waals surface area contributed by atoms with Crippen LogP contribution in [0, 0.1) is 5.82 Å². The van der Waals surface area contributed by atoms with Gasteiger partial charge in [0, 0.05) is 13.5 Å². The number of carbonyl (C=O) groups excluding carboxylic acids is 1. The van der Waals surface area contributed by atoms with E-state index in [1.54, 1.807) is 0 Å². The number of nitrogens with one attached hydrogen (secondary N) is 1. The van der Waals surface area contributed by atoms with Crippen LogP contribution in [0.3, 0.4) is 0 Å². The van der Waals surface area contributed by atoms with E-state index >= 15 is 0 Å². The van der Waals surface area contributed by atoms with Gasteiger partial charge in [-0.2, -0.15) is 0 Å². The fourth-order valence-corrected chi connectivity index (χ4v) is 2.91. The number of benzene rings is 1. The Bertz CT molecular complexity index is 688. The minimum atomic E-state index is -1.13. The summed E-state index contributed by atoms with van der Waals surface area (Å²) in [5.74, 6) is 0.333. The van der Waals surface area contributed by atoms with E-state index in [1.807, 2.05) is 0 Å². The molecule has 5 nitrogen and oxygen atoms in total. The number of aromatic nitrogens is 1. The first-order valence-electron chi connectivity index (χ1n) is 7.41. The van der Waals surface area contributed by atoms with Crippen LogP contribution in [0.5, 0.6) is 0 Å². The van der Waals surface area contributed by atoms with E-state index < -0.39 is 18.0 Å². The average Bonchev–Trinajstić information content (AvgIpc) is 2.97. The zero-order chi connectivity index (χ0) is 16.4. The molecule has 2 aromatic rings. The highest BCUT2D eigenvalue weighted by Crippen LogP contribution is 2.35. The lowest BCUT2D eigenvalue weighted by molar-refractivity contribution is 0.102.